The normalized spacial score (nSPS) is 9.90. The van der Waals surface area contributed by atoms with E-state index in [1.807, 2.05) is 22.6 Å². The quantitative estimate of drug-likeness (QED) is 0.573. The second-order valence-corrected chi connectivity index (χ2v) is 3.45. The van der Waals surface area contributed by atoms with Crippen LogP contribution in [0.4, 0.5) is 4.39 Å². The lowest BCUT2D eigenvalue weighted by Gasteiger charge is -1.95. The number of alkyl halides is 1. The lowest BCUT2D eigenvalue weighted by atomic mass is 10.4. The van der Waals surface area contributed by atoms with Gasteiger partial charge in [-0.1, -0.05) is 15.9 Å². The van der Waals surface area contributed by atoms with Crippen molar-refractivity contribution in [2.75, 3.05) is 0 Å². The van der Waals surface area contributed by atoms with E-state index < -0.39 is 0 Å². The predicted molar refractivity (Wildman–Crippen MR) is 49.5 cm³/mol. The van der Waals surface area contributed by atoms with Gasteiger partial charge >= 0.3 is 0 Å². The summed E-state index contributed by atoms with van der Waals surface area (Å²) >= 11 is 5.09. The molecule has 0 radical (unpaired) electrons. The fourth-order valence-electron chi connectivity index (χ4n) is 0.527. The van der Waals surface area contributed by atoms with Gasteiger partial charge in [-0.2, -0.15) is 0 Å². The Kier molecular flexibility index (Phi) is 3.03. The maximum Gasteiger partial charge on any atom is 0.139 e. The number of halogens is 3. The van der Waals surface area contributed by atoms with E-state index in [2.05, 4.69) is 20.9 Å². The summed E-state index contributed by atoms with van der Waals surface area (Å²) in [5.74, 6) is -0.204. The van der Waals surface area contributed by atoms with Gasteiger partial charge in [0.2, 0.25) is 0 Å². The van der Waals surface area contributed by atoms with Gasteiger partial charge in [0.25, 0.3) is 0 Å². The molecule has 0 atom stereocenters. The van der Waals surface area contributed by atoms with Crippen LogP contribution in [0.5, 0.6) is 0 Å². The van der Waals surface area contributed by atoms with Crippen LogP contribution in [-0.4, -0.2) is 4.98 Å². The first-order valence-electron chi connectivity index (χ1n) is 2.60. The van der Waals surface area contributed by atoms with Crippen LogP contribution in [0.1, 0.15) is 5.69 Å². The average molecular weight is 316 g/mol. The van der Waals surface area contributed by atoms with Crippen molar-refractivity contribution in [1.29, 1.82) is 0 Å². The lowest BCUT2D eigenvalue weighted by Crippen LogP contribution is -1.89. The van der Waals surface area contributed by atoms with Gasteiger partial charge in [0.1, 0.15) is 5.82 Å². The van der Waals surface area contributed by atoms with Crippen molar-refractivity contribution in [2.24, 2.45) is 0 Å². The van der Waals surface area contributed by atoms with Gasteiger partial charge in [-0.05, 0) is 28.7 Å². The van der Waals surface area contributed by atoms with E-state index in [0.29, 0.717) is 8.90 Å². The Morgan fingerprint density at radius 2 is 2.40 bits per heavy atom. The second-order valence-electron chi connectivity index (χ2n) is 1.72. The zero-order valence-electron chi connectivity index (χ0n) is 4.94. The van der Waals surface area contributed by atoms with Crippen LogP contribution in [0.2, 0.25) is 0 Å². The number of hydrogen-bond acceptors (Lipinski definition) is 1. The summed E-state index contributed by atoms with van der Waals surface area (Å²) < 4.78 is 13.3. The number of rotatable bonds is 1. The minimum atomic E-state index is -0.204. The summed E-state index contributed by atoms with van der Waals surface area (Å²) in [7, 11) is 0. The van der Waals surface area contributed by atoms with Crippen LogP contribution < -0.4 is 0 Å². The summed E-state index contributed by atoms with van der Waals surface area (Å²) in [5, 5.41) is 0.598. The topological polar surface area (TPSA) is 12.9 Å². The van der Waals surface area contributed by atoms with Crippen molar-refractivity contribution in [2.45, 2.75) is 5.33 Å². The predicted octanol–water partition coefficient (Wildman–Crippen LogP) is 2.72. The smallest absolute Gasteiger partial charge is 0.139 e. The highest BCUT2D eigenvalue weighted by Crippen LogP contribution is 2.11. The molecule has 0 spiro atoms. The molecule has 0 aliphatic rings. The Hall–Kier alpha value is 0.290. The lowest BCUT2D eigenvalue weighted by molar-refractivity contribution is 0.615. The maximum absolute atomic E-state index is 12.7. The Morgan fingerprint density at radius 1 is 1.70 bits per heavy atom. The first-order valence-corrected chi connectivity index (χ1v) is 4.80. The van der Waals surface area contributed by atoms with E-state index in [9.17, 15) is 4.39 Å². The summed E-state index contributed by atoms with van der Waals surface area (Å²) in [6.45, 7) is 0. The van der Waals surface area contributed by atoms with Gasteiger partial charge in [0.05, 0.1) is 9.26 Å². The number of pyridine rings is 1. The maximum atomic E-state index is 12.7. The van der Waals surface area contributed by atoms with Crippen LogP contribution in [0.15, 0.2) is 12.3 Å². The van der Waals surface area contributed by atoms with Gasteiger partial charge < -0.3 is 0 Å². The number of hydrogen-bond donors (Lipinski definition) is 0. The van der Waals surface area contributed by atoms with Crippen LogP contribution in [0.25, 0.3) is 0 Å². The van der Waals surface area contributed by atoms with E-state index >= 15 is 0 Å². The SMILES string of the molecule is Fc1cc(CBr)ncc1I. The van der Waals surface area contributed by atoms with Crippen molar-refractivity contribution < 1.29 is 4.39 Å². The van der Waals surface area contributed by atoms with E-state index in [4.69, 9.17) is 0 Å². The van der Waals surface area contributed by atoms with Crippen LogP contribution in [0, 0.1) is 9.39 Å². The zero-order chi connectivity index (χ0) is 7.56. The minimum absolute atomic E-state index is 0.204. The molecule has 10 heavy (non-hydrogen) atoms. The molecule has 0 aliphatic carbocycles. The van der Waals surface area contributed by atoms with Crippen molar-refractivity contribution >= 4 is 38.5 Å². The monoisotopic (exact) mass is 315 g/mol. The van der Waals surface area contributed by atoms with Crippen molar-refractivity contribution in [3.63, 3.8) is 0 Å². The molecule has 54 valence electrons. The summed E-state index contributed by atoms with van der Waals surface area (Å²) in [5.41, 5.74) is 0.720. The second kappa shape index (κ2) is 3.61. The molecule has 1 nitrogen and oxygen atoms in total. The molecular formula is C6H4BrFIN. The van der Waals surface area contributed by atoms with Crippen LogP contribution >= 0.6 is 38.5 Å². The summed E-state index contributed by atoms with van der Waals surface area (Å²) in [6.07, 6.45) is 1.52. The molecule has 0 saturated carbocycles. The molecule has 0 N–H and O–H groups in total. The van der Waals surface area contributed by atoms with Crippen LogP contribution in [-0.2, 0) is 5.33 Å². The molecule has 0 fully saturated rings. The Morgan fingerprint density at radius 3 is 2.90 bits per heavy atom. The van der Waals surface area contributed by atoms with E-state index in [-0.39, 0.29) is 5.82 Å². The molecule has 4 heteroatoms. The third kappa shape index (κ3) is 1.88. The Bertz CT molecular complexity index is 241. The highest BCUT2D eigenvalue weighted by Gasteiger charge is 1.99. The molecular weight excluding hydrogens is 312 g/mol. The largest absolute Gasteiger partial charge is 0.259 e. The highest BCUT2D eigenvalue weighted by atomic mass is 127. The van der Waals surface area contributed by atoms with E-state index in [1.54, 1.807) is 0 Å². The third-order valence-corrected chi connectivity index (χ3v) is 2.37. The first kappa shape index (κ1) is 8.39. The highest BCUT2D eigenvalue weighted by molar-refractivity contribution is 14.1. The summed E-state index contributed by atoms with van der Waals surface area (Å²) in [4.78, 5) is 3.96. The number of nitrogens with zero attached hydrogens (tertiary/aromatic N) is 1. The zero-order valence-corrected chi connectivity index (χ0v) is 8.69. The first-order chi connectivity index (χ1) is 4.74. The molecule has 0 unspecified atom stereocenters. The molecule has 0 aliphatic heterocycles. The van der Waals surface area contributed by atoms with Gasteiger partial charge in [0, 0.05) is 11.5 Å². The van der Waals surface area contributed by atoms with Crippen molar-refractivity contribution in [3.8, 4) is 0 Å². The van der Waals surface area contributed by atoms with E-state index in [0.717, 1.165) is 5.69 Å². The standard InChI is InChI=1S/C6H4BrFIN/c7-2-4-1-5(8)6(9)3-10-4/h1,3H,2H2. The van der Waals surface area contributed by atoms with E-state index in [1.165, 1.54) is 12.3 Å². The van der Waals surface area contributed by atoms with Gasteiger partial charge in [-0.15, -0.1) is 0 Å². The molecule has 0 saturated heterocycles. The average Bonchev–Trinajstić information content (AvgIpc) is 1.95. The molecule has 0 amide bonds. The van der Waals surface area contributed by atoms with Gasteiger partial charge in [-0.25, -0.2) is 4.39 Å². The third-order valence-electron chi connectivity index (χ3n) is 1.00. The fourth-order valence-corrected chi connectivity index (χ4v) is 1.13. The minimum Gasteiger partial charge on any atom is -0.259 e. The molecule has 1 aromatic rings. The molecule has 1 heterocycles. The van der Waals surface area contributed by atoms with Crippen molar-refractivity contribution in [1.82, 2.24) is 4.98 Å². The van der Waals surface area contributed by atoms with Crippen LogP contribution in [0.3, 0.4) is 0 Å². The molecule has 1 aromatic heterocycles. The molecule has 0 bridgehead atoms. The number of aromatic nitrogens is 1. The van der Waals surface area contributed by atoms with Gasteiger partial charge in [-0.3, -0.25) is 4.98 Å². The Labute approximate surface area is 80.3 Å². The molecule has 1 rings (SSSR count). The van der Waals surface area contributed by atoms with Gasteiger partial charge in [0.15, 0.2) is 0 Å². The fraction of sp³-hybridized carbons (Fsp3) is 0.167. The molecule has 0 aromatic carbocycles. The Balaban J connectivity index is 3.04. The summed E-state index contributed by atoms with van der Waals surface area (Å²) in [6, 6.07) is 1.43. The van der Waals surface area contributed by atoms with Crippen molar-refractivity contribution in [3.05, 3.63) is 27.3 Å².